The van der Waals surface area contributed by atoms with Gasteiger partial charge in [0, 0.05) is 5.92 Å². The number of aldehydes is 1. The summed E-state index contributed by atoms with van der Waals surface area (Å²) in [6.07, 6.45) is 16.7. The SMILES string of the molecule is CC(C)CCC[C@](C)(O)[C@H]1CC[C@H]2[C@@H]3CCC4=CC(C=O)CC[C@]4(C)[C@H]3CC[C@@]21C. The van der Waals surface area contributed by atoms with Crippen molar-refractivity contribution >= 4 is 6.29 Å². The highest BCUT2D eigenvalue weighted by atomic mass is 16.3. The van der Waals surface area contributed by atoms with Gasteiger partial charge in [0.1, 0.15) is 6.29 Å². The van der Waals surface area contributed by atoms with Crippen LogP contribution in [-0.4, -0.2) is 17.0 Å². The van der Waals surface area contributed by atoms with Crippen molar-refractivity contribution in [1.82, 2.24) is 0 Å². The largest absolute Gasteiger partial charge is 0.390 e. The van der Waals surface area contributed by atoms with E-state index in [2.05, 4.69) is 40.7 Å². The third kappa shape index (κ3) is 3.63. The molecular weight excluding hydrogens is 368 g/mol. The Balaban J connectivity index is 1.52. The molecule has 3 saturated carbocycles. The van der Waals surface area contributed by atoms with Gasteiger partial charge in [0.05, 0.1) is 5.60 Å². The van der Waals surface area contributed by atoms with Crippen LogP contribution in [0.15, 0.2) is 11.6 Å². The number of hydrogen-bond donors (Lipinski definition) is 1. The van der Waals surface area contributed by atoms with Crippen LogP contribution in [0.4, 0.5) is 0 Å². The summed E-state index contributed by atoms with van der Waals surface area (Å²) in [5.41, 5.74) is 1.71. The lowest BCUT2D eigenvalue weighted by molar-refractivity contribution is -0.113. The Labute approximate surface area is 185 Å². The molecule has 1 unspecified atom stereocenters. The summed E-state index contributed by atoms with van der Waals surface area (Å²) in [7, 11) is 0. The van der Waals surface area contributed by atoms with Gasteiger partial charge in [0.25, 0.3) is 0 Å². The molecule has 2 heteroatoms. The normalized spacial score (nSPS) is 45.2. The summed E-state index contributed by atoms with van der Waals surface area (Å²) >= 11 is 0. The van der Waals surface area contributed by atoms with Gasteiger partial charge in [-0.1, -0.05) is 52.2 Å². The molecule has 0 aromatic carbocycles. The van der Waals surface area contributed by atoms with Crippen LogP contribution in [-0.2, 0) is 4.79 Å². The van der Waals surface area contributed by atoms with Gasteiger partial charge in [-0.05, 0) is 105 Å². The number of carbonyl (C=O) groups is 1. The number of aliphatic hydroxyl groups is 1. The van der Waals surface area contributed by atoms with Crippen LogP contribution in [0.25, 0.3) is 0 Å². The van der Waals surface area contributed by atoms with Gasteiger partial charge in [0.15, 0.2) is 0 Å². The highest BCUT2D eigenvalue weighted by molar-refractivity contribution is 5.58. The standard InChI is InChI=1S/C28H46O2/c1-19(2)7-6-14-28(5,30)25-11-10-23-22-9-8-21-17-20(18-29)12-15-26(21,3)24(22)13-16-27(23,25)4/h17-20,22-25,30H,6-16H2,1-5H3/t20?,22-,23-,24-,25-,26-,27-,28-/m0/s1. The third-order valence-electron chi connectivity index (χ3n) is 10.5. The Hall–Kier alpha value is -0.630. The minimum absolute atomic E-state index is 0.162. The van der Waals surface area contributed by atoms with Crippen LogP contribution in [0.5, 0.6) is 0 Å². The summed E-state index contributed by atoms with van der Waals surface area (Å²) in [5.74, 6) is 3.72. The van der Waals surface area contributed by atoms with Crippen LogP contribution < -0.4 is 0 Å². The van der Waals surface area contributed by atoms with E-state index in [0.29, 0.717) is 16.7 Å². The number of carbonyl (C=O) groups excluding carboxylic acids is 1. The maximum Gasteiger partial charge on any atom is 0.126 e. The predicted octanol–water partition coefficient (Wildman–Crippen LogP) is 6.96. The molecule has 0 aromatic rings. The quantitative estimate of drug-likeness (QED) is 0.377. The lowest BCUT2D eigenvalue weighted by Crippen LogP contribution is -2.53. The van der Waals surface area contributed by atoms with E-state index in [0.717, 1.165) is 42.9 Å². The molecular formula is C28H46O2. The Morgan fingerprint density at radius 3 is 2.60 bits per heavy atom. The number of allylic oxidation sites excluding steroid dienone is 2. The van der Waals surface area contributed by atoms with Gasteiger partial charge >= 0.3 is 0 Å². The fraction of sp³-hybridized carbons (Fsp3) is 0.893. The van der Waals surface area contributed by atoms with Crippen molar-refractivity contribution in [2.45, 2.75) is 111 Å². The predicted molar refractivity (Wildman–Crippen MR) is 124 cm³/mol. The van der Waals surface area contributed by atoms with Crippen molar-refractivity contribution in [1.29, 1.82) is 0 Å². The van der Waals surface area contributed by atoms with Gasteiger partial charge in [-0.3, -0.25) is 0 Å². The van der Waals surface area contributed by atoms with Crippen LogP contribution in [0.2, 0.25) is 0 Å². The van der Waals surface area contributed by atoms with E-state index in [1.54, 1.807) is 5.57 Å². The van der Waals surface area contributed by atoms with E-state index in [1.165, 1.54) is 57.7 Å². The Morgan fingerprint density at radius 1 is 1.13 bits per heavy atom. The number of rotatable bonds is 6. The maximum atomic E-state index is 11.6. The van der Waals surface area contributed by atoms with E-state index in [4.69, 9.17) is 0 Å². The average molecular weight is 415 g/mol. The molecule has 4 aliphatic rings. The molecule has 0 aliphatic heterocycles. The molecule has 0 heterocycles. The smallest absolute Gasteiger partial charge is 0.126 e. The molecule has 3 fully saturated rings. The molecule has 8 atom stereocenters. The van der Waals surface area contributed by atoms with Crippen LogP contribution in [0, 0.1) is 46.3 Å². The molecule has 0 spiro atoms. The van der Waals surface area contributed by atoms with Crippen LogP contribution in [0.3, 0.4) is 0 Å². The Kier molecular flexibility index (Phi) is 6.06. The molecule has 0 amide bonds. The third-order valence-corrected chi connectivity index (χ3v) is 10.5. The van der Waals surface area contributed by atoms with E-state index in [-0.39, 0.29) is 5.92 Å². The average Bonchev–Trinajstić information content (AvgIpc) is 3.05. The summed E-state index contributed by atoms with van der Waals surface area (Å²) in [5, 5.41) is 11.6. The molecule has 0 bridgehead atoms. The monoisotopic (exact) mass is 414 g/mol. The van der Waals surface area contributed by atoms with Gasteiger partial charge in [-0.25, -0.2) is 0 Å². The molecule has 0 radical (unpaired) electrons. The Morgan fingerprint density at radius 2 is 1.90 bits per heavy atom. The lowest BCUT2D eigenvalue weighted by atomic mass is 9.46. The first-order valence-corrected chi connectivity index (χ1v) is 13.0. The van der Waals surface area contributed by atoms with E-state index in [9.17, 15) is 9.90 Å². The first-order chi connectivity index (χ1) is 14.1. The van der Waals surface area contributed by atoms with Gasteiger partial charge < -0.3 is 9.90 Å². The molecule has 170 valence electrons. The van der Waals surface area contributed by atoms with E-state index >= 15 is 0 Å². The minimum Gasteiger partial charge on any atom is -0.390 e. The molecule has 2 nitrogen and oxygen atoms in total. The summed E-state index contributed by atoms with van der Waals surface area (Å²) in [6, 6.07) is 0. The zero-order valence-electron chi connectivity index (χ0n) is 20.3. The van der Waals surface area contributed by atoms with Gasteiger partial charge in [-0.15, -0.1) is 0 Å². The highest BCUT2D eigenvalue weighted by Crippen LogP contribution is 2.68. The molecule has 4 aliphatic carbocycles. The van der Waals surface area contributed by atoms with Gasteiger partial charge in [0.2, 0.25) is 0 Å². The van der Waals surface area contributed by atoms with Gasteiger partial charge in [-0.2, -0.15) is 0 Å². The van der Waals surface area contributed by atoms with Crippen molar-refractivity contribution in [2.75, 3.05) is 0 Å². The second-order valence-corrected chi connectivity index (χ2v) is 12.7. The van der Waals surface area contributed by atoms with E-state index in [1.807, 2.05) is 0 Å². The highest BCUT2D eigenvalue weighted by Gasteiger charge is 2.61. The lowest BCUT2D eigenvalue weighted by Gasteiger charge is -2.59. The zero-order chi connectivity index (χ0) is 21.7. The van der Waals surface area contributed by atoms with Crippen molar-refractivity contribution in [3.63, 3.8) is 0 Å². The second kappa shape index (κ2) is 8.05. The zero-order valence-corrected chi connectivity index (χ0v) is 20.3. The summed E-state index contributed by atoms with van der Waals surface area (Å²) in [4.78, 5) is 11.4. The van der Waals surface area contributed by atoms with Crippen molar-refractivity contribution in [3.05, 3.63) is 11.6 Å². The van der Waals surface area contributed by atoms with Crippen molar-refractivity contribution < 1.29 is 9.90 Å². The summed E-state index contributed by atoms with van der Waals surface area (Å²) in [6.45, 7) is 11.8. The maximum absolute atomic E-state index is 11.6. The molecule has 0 aromatic heterocycles. The minimum atomic E-state index is -0.517. The van der Waals surface area contributed by atoms with Crippen molar-refractivity contribution in [3.8, 4) is 0 Å². The second-order valence-electron chi connectivity index (χ2n) is 12.7. The topological polar surface area (TPSA) is 37.3 Å². The molecule has 1 N–H and O–H groups in total. The van der Waals surface area contributed by atoms with E-state index < -0.39 is 5.60 Å². The Bertz CT molecular complexity index is 676. The summed E-state index contributed by atoms with van der Waals surface area (Å²) < 4.78 is 0. The molecule has 4 rings (SSSR count). The first kappa shape index (κ1) is 22.6. The molecule has 0 saturated heterocycles. The number of hydrogen-bond acceptors (Lipinski definition) is 2. The first-order valence-electron chi connectivity index (χ1n) is 13.0. The molecule has 30 heavy (non-hydrogen) atoms. The van der Waals surface area contributed by atoms with Crippen molar-refractivity contribution in [2.24, 2.45) is 46.3 Å². The fourth-order valence-corrected chi connectivity index (χ4v) is 8.93. The van der Waals surface area contributed by atoms with Crippen LogP contribution >= 0.6 is 0 Å². The van der Waals surface area contributed by atoms with Crippen LogP contribution in [0.1, 0.15) is 105 Å². The fourth-order valence-electron chi connectivity index (χ4n) is 8.93. The number of fused-ring (bicyclic) bond motifs is 5.